The minimum absolute atomic E-state index is 0.431. The normalized spacial score (nSPS) is 12.2. The molecule has 0 aliphatic carbocycles. The highest BCUT2D eigenvalue weighted by Crippen LogP contribution is 2.30. The molecule has 19 heavy (non-hydrogen) atoms. The van der Waals surface area contributed by atoms with Crippen molar-refractivity contribution in [3.8, 4) is 11.5 Å². The first-order valence-corrected chi connectivity index (χ1v) is 6.76. The summed E-state index contributed by atoms with van der Waals surface area (Å²) in [5.41, 5.74) is 0.879. The molecule has 2 aromatic carbocycles. The van der Waals surface area contributed by atoms with Crippen LogP contribution >= 0.6 is 23.2 Å². The van der Waals surface area contributed by atoms with E-state index in [0.29, 0.717) is 28.0 Å². The Bertz CT molecular complexity index is 553. The van der Waals surface area contributed by atoms with Crippen molar-refractivity contribution < 1.29 is 9.84 Å². The fourth-order valence-electron chi connectivity index (χ4n) is 1.67. The van der Waals surface area contributed by atoms with Crippen LogP contribution in [-0.4, -0.2) is 5.11 Å². The van der Waals surface area contributed by atoms with E-state index in [-0.39, 0.29) is 0 Å². The summed E-state index contributed by atoms with van der Waals surface area (Å²) in [6, 6.07) is 12.4. The fourth-order valence-corrected chi connectivity index (χ4v) is 1.96. The van der Waals surface area contributed by atoms with Gasteiger partial charge in [0.05, 0.1) is 16.1 Å². The smallest absolute Gasteiger partial charge is 0.129 e. The number of hydrogen-bond acceptors (Lipinski definition) is 2. The number of halogens is 2. The molecular weight excluding hydrogens is 283 g/mol. The van der Waals surface area contributed by atoms with Crippen molar-refractivity contribution in [1.29, 1.82) is 0 Å². The number of ether oxygens (including phenoxy) is 1. The second kappa shape index (κ2) is 6.29. The SMILES string of the molecule is CC[C@H](O)c1ccc(Oc2ccc(Cl)c(Cl)c2)cc1. The first-order chi connectivity index (χ1) is 9.10. The van der Waals surface area contributed by atoms with Gasteiger partial charge in [0.1, 0.15) is 11.5 Å². The van der Waals surface area contributed by atoms with E-state index in [4.69, 9.17) is 27.9 Å². The van der Waals surface area contributed by atoms with Crippen LogP contribution in [0.4, 0.5) is 0 Å². The average molecular weight is 297 g/mol. The highest BCUT2D eigenvalue weighted by Gasteiger charge is 2.05. The molecule has 2 rings (SSSR count). The highest BCUT2D eigenvalue weighted by atomic mass is 35.5. The summed E-state index contributed by atoms with van der Waals surface area (Å²) >= 11 is 11.8. The Kier molecular flexibility index (Phi) is 4.70. The van der Waals surface area contributed by atoms with E-state index in [0.717, 1.165) is 5.56 Å². The van der Waals surface area contributed by atoms with Crippen LogP contribution in [0.1, 0.15) is 25.0 Å². The van der Waals surface area contributed by atoms with Crippen molar-refractivity contribution in [3.63, 3.8) is 0 Å². The van der Waals surface area contributed by atoms with Gasteiger partial charge in [0, 0.05) is 6.07 Å². The second-order valence-electron chi connectivity index (χ2n) is 4.17. The number of hydrogen-bond donors (Lipinski definition) is 1. The molecule has 0 saturated carbocycles. The van der Waals surface area contributed by atoms with E-state index in [1.165, 1.54) is 0 Å². The van der Waals surface area contributed by atoms with Crippen LogP contribution in [0.2, 0.25) is 10.0 Å². The van der Waals surface area contributed by atoms with Crippen molar-refractivity contribution >= 4 is 23.2 Å². The van der Waals surface area contributed by atoms with E-state index in [1.807, 2.05) is 31.2 Å². The van der Waals surface area contributed by atoms with E-state index in [1.54, 1.807) is 18.2 Å². The zero-order chi connectivity index (χ0) is 13.8. The topological polar surface area (TPSA) is 29.5 Å². The Morgan fingerprint density at radius 3 is 2.21 bits per heavy atom. The van der Waals surface area contributed by atoms with Gasteiger partial charge in [-0.2, -0.15) is 0 Å². The van der Waals surface area contributed by atoms with Gasteiger partial charge in [0.15, 0.2) is 0 Å². The molecule has 100 valence electrons. The fraction of sp³-hybridized carbons (Fsp3) is 0.200. The van der Waals surface area contributed by atoms with Gasteiger partial charge in [-0.25, -0.2) is 0 Å². The standard InChI is InChI=1S/C15H14Cl2O2/c1-2-15(18)10-3-5-11(6-4-10)19-12-7-8-13(16)14(17)9-12/h3-9,15,18H,2H2,1H3/t15-/m0/s1. The maximum atomic E-state index is 9.70. The predicted molar refractivity (Wildman–Crippen MR) is 78.2 cm³/mol. The Balaban J connectivity index is 2.12. The van der Waals surface area contributed by atoms with E-state index < -0.39 is 6.10 Å². The zero-order valence-corrected chi connectivity index (χ0v) is 11.9. The van der Waals surface area contributed by atoms with Crippen molar-refractivity contribution in [2.24, 2.45) is 0 Å². The lowest BCUT2D eigenvalue weighted by Crippen LogP contribution is -1.94. The van der Waals surface area contributed by atoms with Crippen molar-refractivity contribution in [2.45, 2.75) is 19.4 Å². The number of benzene rings is 2. The first kappa shape index (κ1) is 14.2. The minimum Gasteiger partial charge on any atom is -0.457 e. The van der Waals surface area contributed by atoms with Gasteiger partial charge in [-0.3, -0.25) is 0 Å². The molecule has 2 nitrogen and oxygen atoms in total. The summed E-state index contributed by atoms with van der Waals surface area (Å²) in [5.74, 6) is 1.31. The molecule has 1 atom stereocenters. The molecule has 0 fully saturated rings. The monoisotopic (exact) mass is 296 g/mol. The Hall–Kier alpha value is -1.22. The molecule has 0 spiro atoms. The summed E-state index contributed by atoms with van der Waals surface area (Å²) in [4.78, 5) is 0. The van der Waals surface area contributed by atoms with Crippen LogP contribution in [0.3, 0.4) is 0 Å². The Morgan fingerprint density at radius 1 is 1.00 bits per heavy atom. The second-order valence-corrected chi connectivity index (χ2v) is 4.99. The van der Waals surface area contributed by atoms with E-state index in [2.05, 4.69) is 0 Å². The quantitative estimate of drug-likeness (QED) is 0.837. The summed E-state index contributed by atoms with van der Waals surface area (Å²) in [6.45, 7) is 1.94. The summed E-state index contributed by atoms with van der Waals surface area (Å²) in [5, 5.41) is 10.7. The third-order valence-electron chi connectivity index (χ3n) is 2.78. The molecule has 0 amide bonds. The third-order valence-corrected chi connectivity index (χ3v) is 3.52. The molecule has 1 N–H and O–H groups in total. The average Bonchev–Trinajstić information content (AvgIpc) is 2.43. The highest BCUT2D eigenvalue weighted by molar-refractivity contribution is 6.42. The number of rotatable bonds is 4. The molecular formula is C15H14Cl2O2. The van der Waals surface area contributed by atoms with Crippen LogP contribution in [0.25, 0.3) is 0 Å². The largest absolute Gasteiger partial charge is 0.457 e. The van der Waals surface area contributed by atoms with Gasteiger partial charge in [0.25, 0.3) is 0 Å². The molecule has 0 unspecified atom stereocenters. The molecule has 0 aliphatic heterocycles. The van der Waals surface area contributed by atoms with Crippen LogP contribution < -0.4 is 4.74 Å². The van der Waals surface area contributed by atoms with Gasteiger partial charge < -0.3 is 9.84 Å². The number of aliphatic hydroxyl groups excluding tert-OH is 1. The maximum Gasteiger partial charge on any atom is 0.129 e. The van der Waals surface area contributed by atoms with Crippen molar-refractivity contribution in [3.05, 3.63) is 58.1 Å². The summed E-state index contributed by atoms with van der Waals surface area (Å²) < 4.78 is 5.66. The predicted octanol–water partition coefficient (Wildman–Crippen LogP) is 5.23. The molecule has 0 bridgehead atoms. The van der Waals surface area contributed by atoms with Crippen molar-refractivity contribution in [1.82, 2.24) is 0 Å². The van der Waals surface area contributed by atoms with Gasteiger partial charge >= 0.3 is 0 Å². The zero-order valence-electron chi connectivity index (χ0n) is 10.4. The molecule has 0 saturated heterocycles. The van der Waals surface area contributed by atoms with Gasteiger partial charge in [-0.15, -0.1) is 0 Å². The van der Waals surface area contributed by atoms with E-state index in [9.17, 15) is 5.11 Å². The molecule has 0 aromatic heterocycles. The third kappa shape index (κ3) is 3.63. The van der Waals surface area contributed by atoms with Gasteiger partial charge in [-0.05, 0) is 36.2 Å². The van der Waals surface area contributed by atoms with Crippen LogP contribution in [0.5, 0.6) is 11.5 Å². The lowest BCUT2D eigenvalue weighted by Gasteiger charge is -2.10. The summed E-state index contributed by atoms with van der Waals surface area (Å²) in [6.07, 6.45) is 0.256. The first-order valence-electron chi connectivity index (χ1n) is 6.01. The van der Waals surface area contributed by atoms with Crippen LogP contribution in [-0.2, 0) is 0 Å². The lowest BCUT2D eigenvalue weighted by molar-refractivity contribution is 0.173. The number of aliphatic hydroxyl groups is 1. The maximum absolute atomic E-state index is 9.70. The lowest BCUT2D eigenvalue weighted by atomic mass is 10.1. The Morgan fingerprint density at radius 2 is 1.63 bits per heavy atom. The Labute approximate surface area is 122 Å². The molecule has 0 aliphatic rings. The summed E-state index contributed by atoms with van der Waals surface area (Å²) in [7, 11) is 0. The van der Waals surface area contributed by atoms with E-state index >= 15 is 0 Å². The van der Waals surface area contributed by atoms with Crippen molar-refractivity contribution in [2.75, 3.05) is 0 Å². The van der Waals surface area contributed by atoms with Crippen LogP contribution in [0.15, 0.2) is 42.5 Å². The minimum atomic E-state index is -0.431. The van der Waals surface area contributed by atoms with Crippen LogP contribution in [0, 0.1) is 0 Å². The van der Waals surface area contributed by atoms with Gasteiger partial charge in [-0.1, -0.05) is 42.3 Å². The van der Waals surface area contributed by atoms with Gasteiger partial charge in [0.2, 0.25) is 0 Å². The molecule has 4 heteroatoms. The molecule has 2 aromatic rings. The molecule has 0 radical (unpaired) electrons. The molecule has 0 heterocycles.